The van der Waals surface area contributed by atoms with Crippen LogP contribution in [0.5, 0.6) is 0 Å². The molecular weight excluding hydrogens is 774 g/mol. The largest absolute Gasteiger partial charge is 0.479 e. The van der Waals surface area contributed by atoms with E-state index in [1.54, 1.807) is 18.2 Å². The van der Waals surface area contributed by atoms with Gasteiger partial charge in [0.15, 0.2) is 30.2 Å². The number of rotatable bonds is 14. The van der Waals surface area contributed by atoms with Crippen molar-refractivity contribution in [3.63, 3.8) is 0 Å². The molecule has 21 nitrogen and oxygen atoms in total. The first-order valence-electron chi connectivity index (χ1n) is 15.9. The van der Waals surface area contributed by atoms with E-state index in [1.807, 2.05) is 12.1 Å². The third-order valence-corrected chi connectivity index (χ3v) is 9.62. The maximum Gasteiger partial charge on any atom is 0.335 e. The number of aliphatic hydroxyl groups is 4. The number of piperazine rings is 1. The number of likely N-dealkylation sites (N-methyl/N-ethyl adjacent to an activating group) is 1. The van der Waals surface area contributed by atoms with Crippen molar-refractivity contribution in [2.45, 2.75) is 35.9 Å². The minimum absolute atomic E-state index is 0.130. The fraction of sp³-hybridized carbons (Fsp3) is 0.375. The van der Waals surface area contributed by atoms with Gasteiger partial charge >= 0.3 is 23.9 Å². The summed E-state index contributed by atoms with van der Waals surface area (Å²) in [6, 6.07) is 14.8. The van der Waals surface area contributed by atoms with Gasteiger partial charge < -0.3 is 56.4 Å². The summed E-state index contributed by atoms with van der Waals surface area (Å²) < 4.78 is 26.6. The maximum absolute atomic E-state index is 12.7. The molecule has 302 valence electrons. The van der Waals surface area contributed by atoms with Crippen molar-refractivity contribution < 1.29 is 68.4 Å². The van der Waals surface area contributed by atoms with E-state index < -0.39 is 58.3 Å². The normalized spacial score (nSPS) is 15.5. The highest BCUT2D eigenvalue weighted by Crippen LogP contribution is 2.30. The lowest BCUT2D eigenvalue weighted by atomic mass is 10.2. The Morgan fingerprint density at radius 3 is 1.71 bits per heavy atom. The number of hydrogen-bond donors (Lipinski definition) is 10. The molecule has 10 N–H and O–H groups in total. The maximum atomic E-state index is 12.7. The summed E-state index contributed by atoms with van der Waals surface area (Å²) in [4.78, 5) is 52.8. The van der Waals surface area contributed by atoms with Gasteiger partial charge in [-0.3, -0.25) is 4.90 Å². The van der Waals surface area contributed by atoms with E-state index in [9.17, 15) is 27.6 Å². The van der Waals surface area contributed by atoms with Crippen LogP contribution in [-0.4, -0.2) is 169 Å². The van der Waals surface area contributed by atoms with E-state index in [2.05, 4.69) is 49.6 Å². The van der Waals surface area contributed by atoms with Gasteiger partial charge in [0.25, 0.3) is 0 Å². The SMILES string of the molecule is CN1CCN(Cc2ccc(Nc3ncc(Cl)c(Nc4ccccc4S(=O)(=O)N(C)C)n3)cc2)CC1.O=C(O)C(O)C(O)C(=O)O.O=C(O)C(O)C(O)C(=O)O. The number of benzene rings is 2. The molecule has 1 aromatic heterocycles. The first-order chi connectivity index (χ1) is 25.6. The second-order valence-corrected chi connectivity index (χ2v) is 14.4. The quantitative estimate of drug-likeness (QED) is 0.0968. The number of carboxylic acid groups (broad SMARTS) is 4. The number of para-hydroxylation sites is 1. The molecule has 0 radical (unpaired) electrons. The van der Waals surface area contributed by atoms with E-state index in [4.69, 9.17) is 52.5 Å². The number of halogens is 1. The summed E-state index contributed by atoms with van der Waals surface area (Å²) in [7, 11) is 1.48. The summed E-state index contributed by atoms with van der Waals surface area (Å²) in [5.41, 5.74) is 2.47. The van der Waals surface area contributed by atoms with Crippen LogP contribution >= 0.6 is 11.6 Å². The van der Waals surface area contributed by atoms with Gasteiger partial charge in [-0.15, -0.1) is 0 Å². The Balaban J connectivity index is 0.000000429. The summed E-state index contributed by atoms with van der Waals surface area (Å²) in [5.74, 6) is -6.43. The summed E-state index contributed by atoms with van der Waals surface area (Å²) in [6.45, 7) is 5.26. The summed E-state index contributed by atoms with van der Waals surface area (Å²) in [5, 5.41) is 71.6. The zero-order valence-corrected chi connectivity index (χ0v) is 31.2. The van der Waals surface area contributed by atoms with Crippen molar-refractivity contribution in [1.82, 2.24) is 24.1 Å². The van der Waals surface area contributed by atoms with Gasteiger partial charge in [0, 0.05) is 52.5 Å². The Labute approximate surface area is 319 Å². The van der Waals surface area contributed by atoms with Crippen LogP contribution in [0.2, 0.25) is 5.02 Å². The molecule has 3 aromatic rings. The molecule has 1 saturated heterocycles. The van der Waals surface area contributed by atoms with Gasteiger partial charge in [0.1, 0.15) is 9.92 Å². The number of aliphatic carboxylic acids is 4. The van der Waals surface area contributed by atoms with Crippen LogP contribution in [0.25, 0.3) is 0 Å². The lowest BCUT2D eigenvalue weighted by Gasteiger charge is -2.32. The average molecular weight is 816 g/mol. The summed E-state index contributed by atoms with van der Waals surface area (Å²) >= 11 is 6.32. The lowest BCUT2D eigenvalue weighted by molar-refractivity contribution is -0.165. The van der Waals surface area contributed by atoms with E-state index in [-0.39, 0.29) is 9.92 Å². The minimum Gasteiger partial charge on any atom is -0.479 e. The van der Waals surface area contributed by atoms with Crippen molar-refractivity contribution in [2.24, 2.45) is 0 Å². The highest BCUT2D eigenvalue weighted by Gasteiger charge is 2.30. The molecule has 4 atom stereocenters. The van der Waals surface area contributed by atoms with Crippen LogP contribution in [0.4, 0.5) is 23.1 Å². The van der Waals surface area contributed by atoms with Crippen LogP contribution in [0, 0.1) is 0 Å². The molecule has 4 unspecified atom stereocenters. The van der Waals surface area contributed by atoms with E-state index in [1.165, 1.54) is 31.9 Å². The highest BCUT2D eigenvalue weighted by molar-refractivity contribution is 7.89. The minimum atomic E-state index is -3.65. The van der Waals surface area contributed by atoms with E-state index >= 15 is 0 Å². The van der Waals surface area contributed by atoms with Crippen LogP contribution in [0.3, 0.4) is 0 Å². The van der Waals surface area contributed by atoms with E-state index in [0.29, 0.717) is 17.5 Å². The van der Waals surface area contributed by atoms with Gasteiger partial charge in [0.2, 0.25) is 16.0 Å². The third-order valence-electron chi connectivity index (χ3n) is 7.47. The van der Waals surface area contributed by atoms with Crippen LogP contribution < -0.4 is 10.6 Å². The Kier molecular flexibility index (Phi) is 17.7. The van der Waals surface area contributed by atoms with Crippen molar-refractivity contribution >= 4 is 68.6 Å². The second-order valence-electron chi connectivity index (χ2n) is 11.8. The van der Waals surface area contributed by atoms with Crippen LogP contribution in [-0.2, 0) is 35.7 Å². The molecule has 23 heteroatoms. The molecule has 0 aliphatic carbocycles. The molecule has 1 fully saturated rings. The Bertz CT molecular complexity index is 1810. The second kappa shape index (κ2) is 21.2. The number of nitrogens with one attached hydrogen (secondary N) is 2. The fourth-order valence-corrected chi connectivity index (χ4v) is 5.44. The molecule has 1 aliphatic heterocycles. The van der Waals surface area contributed by atoms with Crippen LogP contribution in [0.1, 0.15) is 5.56 Å². The van der Waals surface area contributed by atoms with Gasteiger partial charge in [-0.05, 0) is 36.9 Å². The number of aromatic nitrogens is 2. The molecule has 0 saturated carbocycles. The van der Waals surface area contributed by atoms with Crippen molar-refractivity contribution in [1.29, 1.82) is 0 Å². The van der Waals surface area contributed by atoms with Crippen molar-refractivity contribution in [3.05, 3.63) is 65.3 Å². The summed E-state index contributed by atoms with van der Waals surface area (Å²) in [6.07, 6.45) is -7.59. The third kappa shape index (κ3) is 14.3. The molecule has 0 bridgehead atoms. The van der Waals surface area contributed by atoms with Crippen molar-refractivity contribution in [2.75, 3.05) is 58.0 Å². The molecule has 2 heterocycles. The predicted octanol–water partition coefficient (Wildman–Crippen LogP) is -0.630. The first kappa shape index (κ1) is 46.1. The standard InChI is InChI=1S/C24H30ClN7O2S.2C4H6O6/c1-30(2)35(33,34)22-7-5-4-6-21(22)28-23-20(25)16-26-24(29-23)27-19-10-8-18(9-11-19)17-32-14-12-31(3)13-15-32;2*5-1(3(7)8)2(6)4(9)10/h4-11,16H,12-15,17H2,1-3H3,(H2,26,27,28,29);2*1-2,5-6H,(H,7,8)(H,9,10). The molecule has 4 rings (SSSR count). The van der Waals surface area contributed by atoms with Gasteiger partial charge in [-0.1, -0.05) is 35.9 Å². The Morgan fingerprint density at radius 2 is 1.25 bits per heavy atom. The molecular formula is C32H42ClN7O14S. The number of aliphatic hydroxyl groups excluding tert-OH is 4. The first-order valence-corrected chi connectivity index (χ1v) is 17.7. The monoisotopic (exact) mass is 815 g/mol. The average Bonchev–Trinajstić information content (AvgIpc) is 3.13. The molecule has 0 spiro atoms. The number of hydrogen-bond acceptors (Lipinski definition) is 16. The van der Waals surface area contributed by atoms with Gasteiger partial charge in [0.05, 0.1) is 11.9 Å². The number of nitrogens with zero attached hydrogens (tertiary/aromatic N) is 5. The molecule has 2 aromatic carbocycles. The topological polar surface area (TPSA) is 324 Å². The smallest absolute Gasteiger partial charge is 0.335 e. The van der Waals surface area contributed by atoms with Crippen molar-refractivity contribution in [3.8, 4) is 0 Å². The molecule has 1 aliphatic rings. The zero-order valence-electron chi connectivity index (χ0n) is 29.6. The number of carboxylic acids is 4. The fourth-order valence-electron chi connectivity index (χ4n) is 4.26. The Hall–Kier alpha value is -5.04. The van der Waals surface area contributed by atoms with Crippen LogP contribution in [0.15, 0.2) is 59.6 Å². The Morgan fingerprint density at radius 1 is 0.782 bits per heavy atom. The lowest BCUT2D eigenvalue weighted by Crippen LogP contribution is -2.43. The highest BCUT2D eigenvalue weighted by atomic mass is 35.5. The zero-order chi connectivity index (χ0) is 41.6. The number of anilines is 4. The number of sulfonamides is 1. The molecule has 0 amide bonds. The molecule has 55 heavy (non-hydrogen) atoms. The predicted molar refractivity (Wildman–Crippen MR) is 195 cm³/mol. The van der Waals surface area contributed by atoms with E-state index in [0.717, 1.165) is 42.7 Å². The number of carbonyl (C=O) groups is 4. The van der Waals surface area contributed by atoms with Gasteiger partial charge in [-0.2, -0.15) is 4.98 Å². The van der Waals surface area contributed by atoms with Gasteiger partial charge in [-0.25, -0.2) is 36.9 Å².